The second kappa shape index (κ2) is 9.23. The zero-order valence-electron chi connectivity index (χ0n) is 16.2. The van der Waals surface area contributed by atoms with Crippen molar-refractivity contribution in [3.8, 4) is 0 Å². The number of benzene rings is 1. The first-order valence-corrected chi connectivity index (χ1v) is 9.60. The Labute approximate surface area is 152 Å². The predicted molar refractivity (Wildman–Crippen MR) is 103 cm³/mol. The van der Waals surface area contributed by atoms with E-state index in [4.69, 9.17) is 4.74 Å². The molecule has 0 spiro atoms. The SMILES string of the molecule is C[C@H](C[C@H](CNC(=O)OC(C)(C)C)[C@@H]1CCCCN1)c1ccccc1. The molecule has 1 heterocycles. The zero-order valence-corrected chi connectivity index (χ0v) is 16.2. The van der Waals surface area contributed by atoms with Gasteiger partial charge in [0.25, 0.3) is 0 Å². The fourth-order valence-corrected chi connectivity index (χ4v) is 3.57. The van der Waals surface area contributed by atoms with Gasteiger partial charge in [0.05, 0.1) is 0 Å². The molecule has 2 rings (SSSR count). The number of carbonyl (C=O) groups excluding carboxylic acids is 1. The lowest BCUT2D eigenvalue weighted by atomic mass is 9.83. The number of nitrogens with one attached hydrogen (secondary N) is 2. The summed E-state index contributed by atoms with van der Waals surface area (Å²) in [6.45, 7) is 9.69. The third-order valence-electron chi connectivity index (χ3n) is 4.85. The molecule has 1 aromatic carbocycles. The minimum Gasteiger partial charge on any atom is -0.444 e. The number of hydrogen-bond donors (Lipinski definition) is 2. The van der Waals surface area contributed by atoms with Crippen molar-refractivity contribution >= 4 is 6.09 Å². The van der Waals surface area contributed by atoms with Crippen LogP contribution in [0.3, 0.4) is 0 Å². The molecule has 1 amide bonds. The second-order valence-corrected chi connectivity index (χ2v) is 8.25. The molecular formula is C21H34N2O2. The molecule has 1 aliphatic rings. The molecule has 0 saturated carbocycles. The monoisotopic (exact) mass is 346 g/mol. The van der Waals surface area contributed by atoms with Crippen LogP contribution in [0.4, 0.5) is 4.79 Å². The van der Waals surface area contributed by atoms with Gasteiger partial charge in [0, 0.05) is 12.6 Å². The van der Waals surface area contributed by atoms with Crippen molar-refractivity contribution in [2.75, 3.05) is 13.1 Å². The fraction of sp³-hybridized carbons (Fsp3) is 0.667. The average molecular weight is 347 g/mol. The first-order valence-electron chi connectivity index (χ1n) is 9.60. The molecule has 0 unspecified atom stereocenters. The van der Waals surface area contributed by atoms with Crippen molar-refractivity contribution < 1.29 is 9.53 Å². The van der Waals surface area contributed by atoms with Crippen molar-refractivity contribution in [3.05, 3.63) is 35.9 Å². The van der Waals surface area contributed by atoms with Crippen LogP contribution in [0.1, 0.15) is 64.9 Å². The number of piperidine rings is 1. The van der Waals surface area contributed by atoms with Crippen molar-refractivity contribution in [2.24, 2.45) is 5.92 Å². The van der Waals surface area contributed by atoms with E-state index in [9.17, 15) is 4.79 Å². The van der Waals surface area contributed by atoms with Crippen molar-refractivity contribution in [1.29, 1.82) is 0 Å². The van der Waals surface area contributed by atoms with Gasteiger partial charge in [-0.1, -0.05) is 43.7 Å². The smallest absolute Gasteiger partial charge is 0.407 e. The maximum Gasteiger partial charge on any atom is 0.407 e. The van der Waals surface area contributed by atoms with E-state index in [0.717, 1.165) is 13.0 Å². The summed E-state index contributed by atoms with van der Waals surface area (Å²) >= 11 is 0. The summed E-state index contributed by atoms with van der Waals surface area (Å²) < 4.78 is 5.39. The lowest BCUT2D eigenvalue weighted by Gasteiger charge is -2.33. The number of amides is 1. The number of carbonyl (C=O) groups is 1. The number of alkyl carbamates (subject to hydrolysis) is 1. The van der Waals surface area contributed by atoms with Crippen LogP contribution in [-0.2, 0) is 4.74 Å². The van der Waals surface area contributed by atoms with Crippen LogP contribution >= 0.6 is 0 Å². The lowest BCUT2D eigenvalue weighted by Crippen LogP contribution is -2.46. The van der Waals surface area contributed by atoms with Crippen LogP contribution in [0.25, 0.3) is 0 Å². The highest BCUT2D eigenvalue weighted by atomic mass is 16.6. The molecule has 1 fully saturated rings. The molecule has 0 bridgehead atoms. The Bertz CT molecular complexity index is 518. The van der Waals surface area contributed by atoms with Gasteiger partial charge >= 0.3 is 6.09 Å². The largest absolute Gasteiger partial charge is 0.444 e. The molecule has 1 aromatic rings. The highest BCUT2D eigenvalue weighted by Gasteiger charge is 2.26. The molecule has 1 aliphatic heterocycles. The van der Waals surface area contributed by atoms with Gasteiger partial charge in [0.15, 0.2) is 0 Å². The summed E-state index contributed by atoms with van der Waals surface area (Å²) in [5, 5.41) is 6.65. The Balaban J connectivity index is 1.96. The predicted octanol–water partition coefficient (Wildman–Crippen LogP) is 4.46. The average Bonchev–Trinajstić information content (AvgIpc) is 2.58. The molecule has 0 aliphatic carbocycles. The van der Waals surface area contributed by atoms with Crippen LogP contribution in [-0.4, -0.2) is 30.8 Å². The zero-order chi connectivity index (χ0) is 18.3. The van der Waals surface area contributed by atoms with Crippen molar-refractivity contribution in [1.82, 2.24) is 10.6 Å². The van der Waals surface area contributed by atoms with E-state index in [2.05, 4.69) is 47.9 Å². The van der Waals surface area contributed by atoms with Gasteiger partial charge in [-0.2, -0.15) is 0 Å². The summed E-state index contributed by atoms with van der Waals surface area (Å²) in [6.07, 6.45) is 4.43. The molecule has 1 saturated heterocycles. The van der Waals surface area contributed by atoms with Gasteiger partial charge in [-0.15, -0.1) is 0 Å². The summed E-state index contributed by atoms with van der Waals surface area (Å²) in [7, 11) is 0. The van der Waals surface area contributed by atoms with Gasteiger partial charge < -0.3 is 15.4 Å². The number of ether oxygens (including phenoxy) is 1. The van der Waals surface area contributed by atoms with Gasteiger partial charge in [-0.05, 0) is 64.0 Å². The quantitative estimate of drug-likeness (QED) is 0.799. The summed E-state index contributed by atoms with van der Waals surface area (Å²) in [5.74, 6) is 0.874. The first kappa shape index (κ1) is 19.8. The highest BCUT2D eigenvalue weighted by molar-refractivity contribution is 5.67. The number of hydrogen-bond acceptors (Lipinski definition) is 3. The summed E-state index contributed by atoms with van der Waals surface area (Å²) in [4.78, 5) is 12.0. The molecule has 140 valence electrons. The standard InChI is InChI=1S/C21H34N2O2/c1-16(17-10-6-5-7-11-17)14-18(19-12-8-9-13-22-19)15-23-20(24)25-21(2,3)4/h5-7,10-11,16,18-19,22H,8-9,12-15H2,1-4H3,(H,23,24)/t16-,18-,19+/m1/s1. The molecular weight excluding hydrogens is 312 g/mol. The van der Waals surface area contributed by atoms with E-state index in [1.807, 2.05) is 20.8 Å². The van der Waals surface area contributed by atoms with Gasteiger partial charge in [0.2, 0.25) is 0 Å². The Morgan fingerprint density at radius 1 is 1.28 bits per heavy atom. The number of rotatable bonds is 6. The summed E-state index contributed by atoms with van der Waals surface area (Å²) in [5.41, 5.74) is 0.903. The molecule has 0 aromatic heterocycles. The van der Waals surface area contributed by atoms with E-state index in [1.54, 1.807) is 0 Å². The maximum atomic E-state index is 12.0. The molecule has 4 heteroatoms. The fourth-order valence-electron chi connectivity index (χ4n) is 3.57. The third-order valence-corrected chi connectivity index (χ3v) is 4.85. The van der Waals surface area contributed by atoms with E-state index in [-0.39, 0.29) is 6.09 Å². The maximum absolute atomic E-state index is 12.0. The Kier molecular flexibility index (Phi) is 7.30. The molecule has 25 heavy (non-hydrogen) atoms. The van der Waals surface area contributed by atoms with Crippen LogP contribution in [0, 0.1) is 5.92 Å². The normalized spacial score (nSPS) is 20.6. The van der Waals surface area contributed by atoms with Crippen LogP contribution in [0.2, 0.25) is 0 Å². The first-order chi connectivity index (χ1) is 11.8. The Morgan fingerprint density at radius 3 is 2.60 bits per heavy atom. The van der Waals surface area contributed by atoms with E-state index < -0.39 is 5.60 Å². The van der Waals surface area contributed by atoms with Gasteiger partial charge in [-0.25, -0.2) is 4.79 Å². The molecule has 0 radical (unpaired) electrons. The van der Waals surface area contributed by atoms with E-state index in [0.29, 0.717) is 24.4 Å². The van der Waals surface area contributed by atoms with Gasteiger partial charge in [-0.3, -0.25) is 0 Å². The van der Waals surface area contributed by atoms with Crippen molar-refractivity contribution in [3.63, 3.8) is 0 Å². The van der Waals surface area contributed by atoms with Gasteiger partial charge in [0.1, 0.15) is 5.60 Å². The molecule has 2 N–H and O–H groups in total. The minimum atomic E-state index is -0.458. The van der Waals surface area contributed by atoms with Crippen molar-refractivity contribution in [2.45, 2.75) is 70.9 Å². The van der Waals surface area contributed by atoms with Crippen LogP contribution < -0.4 is 10.6 Å². The second-order valence-electron chi connectivity index (χ2n) is 8.25. The Morgan fingerprint density at radius 2 is 2.00 bits per heavy atom. The van der Waals surface area contributed by atoms with Crippen LogP contribution in [0.5, 0.6) is 0 Å². The molecule has 3 atom stereocenters. The highest BCUT2D eigenvalue weighted by Crippen LogP contribution is 2.27. The van der Waals surface area contributed by atoms with E-state index >= 15 is 0 Å². The molecule has 4 nitrogen and oxygen atoms in total. The minimum absolute atomic E-state index is 0.319. The lowest BCUT2D eigenvalue weighted by molar-refractivity contribution is 0.0512. The summed E-state index contributed by atoms with van der Waals surface area (Å²) in [6, 6.07) is 11.1. The third kappa shape index (κ3) is 7.07. The topological polar surface area (TPSA) is 50.4 Å². The van der Waals surface area contributed by atoms with E-state index in [1.165, 1.54) is 24.8 Å². The van der Waals surface area contributed by atoms with Crippen LogP contribution in [0.15, 0.2) is 30.3 Å². The Hall–Kier alpha value is -1.55.